The first-order chi connectivity index (χ1) is 9.74. The number of nitrogens with zero attached hydrogens (tertiary/aromatic N) is 2. The number of carbonyl (C=O) groups excluding carboxylic acids is 1. The Morgan fingerprint density at radius 3 is 2.55 bits per heavy atom. The molecule has 3 aliphatic rings. The molecule has 1 amide bonds. The number of piperidine rings is 1. The van der Waals surface area contributed by atoms with E-state index in [1.165, 1.54) is 0 Å². The van der Waals surface area contributed by atoms with Gasteiger partial charge in [0.2, 0.25) is 0 Å². The van der Waals surface area contributed by atoms with E-state index in [0.717, 1.165) is 71.3 Å². The number of ether oxygens (including phenoxy) is 1. The summed E-state index contributed by atoms with van der Waals surface area (Å²) in [5.74, 6) is 0.223. The maximum atomic E-state index is 12.4. The molecule has 5 nitrogen and oxygen atoms in total. The van der Waals surface area contributed by atoms with Crippen molar-refractivity contribution in [2.45, 2.75) is 56.7 Å². The van der Waals surface area contributed by atoms with Crippen LogP contribution in [-0.4, -0.2) is 66.7 Å². The molecular formula is C15H27N3O2. The van der Waals surface area contributed by atoms with Gasteiger partial charge in [0.25, 0.3) is 5.91 Å². The first kappa shape index (κ1) is 14.3. The molecule has 5 heteroatoms. The van der Waals surface area contributed by atoms with E-state index in [9.17, 15) is 4.79 Å². The topological polar surface area (TPSA) is 58.8 Å². The fourth-order valence-electron chi connectivity index (χ4n) is 3.66. The van der Waals surface area contributed by atoms with Crippen LogP contribution in [0.4, 0.5) is 0 Å². The second-order valence-corrected chi connectivity index (χ2v) is 6.46. The van der Waals surface area contributed by atoms with Gasteiger partial charge in [0, 0.05) is 31.8 Å². The maximum Gasteiger partial charge on any atom is 0.251 e. The van der Waals surface area contributed by atoms with Crippen LogP contribution in [0.3, 0.4) is 0 Å². The van der Waals surface area contributed by atoms with Gasteiger partial charge in [-0.15, -0.1) is 0 Å². The molecule has 0 aliphatic carbocycles. The standard InChI is InChI=1S/C15H27N3O2/c16-12-4-7-17(8-5-12)13-6-9-18(11-13)15(19)14-3-1-2-10-20-14/h12-14H,1-11,16H2. The Bertz CT molecular complexity index is 336. The zero-order valence-corrected chi connectivity index (χ0v) is 12.3. The number of hydrogen-bond acceptors (Lipinski definition) is 4. The fraction of sp³-hybridized carbons (Fsp3) is 0.933. The summed E-state index contributed by atoms with van der Waals surface area (Å²) < 4.78 is 5.63. The average molecular weight is 281 g/mol. The minimum atomic E-state index is -0.169. The van der Waals surface area contributed by atoms with E-state index in [1.54, 1.807) is 0 Å². The van der Waals surface area contributed by atoms with Gasteiger partial charge in [0.1, 0.15) is 6.10 Å². The summed E-state index contributed by atoms with van der Waals surface area (Å²) in [6.45, 7) is 4.71. The monoisotopic (exact) mass is 281 g/mol. The lowest BCUT2D eigenvalue weighted by molar-refractivity contribution is -0.145. The van der Waals surface area contributed by atoms with E-state index >= 15 is 0 Å². The van der Waals surface area contributed by atoms with Crippen molar-refractivity contribution in [2.24, 2.45) is 5.73 Å². The number of amides is 1. The Balaban J connectivity index is 1.50. The van der Waals surface area contributed by atoms with Gasteiger partial charge >= 0.3 is 0 Å². The number of carbonyl (C=O) groups is 1. The molecule has 0 aromatic carbocycles. The lowest BCUT2D eigenvalue weighted by atomic mass is 10.0. The smallest absolute Gasteiger partial charge is 0.251 e. The van der Waals surface area contributed by atoms with Crippen LogP contribution in [0.25, 0.3) is 0 Å². The maximum absolute atomic E-state index is 12.4. The number of likely N-dealkylation sites (tertiary alicyclic amines) is 2. The van der Waals surface area contributed by atoms with Crippen molar-refractivity contribution in [3.8, 4) is 0 Å². The van der Waals surface area contributed by atoms with E-state index in [0.29, 0.717) is 12.1 Å². The van der Waals surface area contributed by atoms with Crippen molar-refractivity contribution in [1.29, 1.82) is 0 Å². The molecule has 3 rings (SSSR count). The van der Waals surface area contributed by atoms with Crippen LogP contribution in [0.2, 0.25) is 0 Å². The summed E-state index contributed by atoms with van der Waals surface area (Å²) >= 11 is 0. The minimum Gasteiger partial charge on any atom is -0.368 e. The lowest BCUT2D eigenvalue weighted by Gasteiger charge is -2.35. The molecule has 2 unspecified atom stereocenters. The highest BCUT2D eigenvalue weighted by molar-refractivity contribution is 5.81. The second kappa shape index (κ2) is 6.41. The molecule has 3 heterocycles. The lowest BCUT2D eigenvalue weighted by Crippen LogP contribution is -2.47. The van der Waals surface area contributed by atoms with E-state index in [2.05, 4.69) is 4.90 Å². The van der Waals surface area contributed by atoms with Crippen LogP contribution < -0.4 is 5.73 Å². The minimum absolute atomic E-state index is 0.169. The average Bonchev–Trinajstić information content (AvgIpc) is 2.98. The van der Waals surface area contributed by atoms with Crippen LogP contribution in [0.15, 0.2) is 0 Å². The third-order valence-electron chi connectivity index (χ3n) is 5.02. The largest absolute Gasteiger partial charge is 0.368 e. The summed E-state index contributed by atoms with van der Waals surface area (Å²) in [6, 6.07) is 0.913. The van der Waals surface area contributed by atoms with Gasteiger partial charge in [-0.3, -0.25) is 9.69 Å². The van der Waals surface area contributed by atoms with Crippen LogP contribution in [-0.2, 0) is 9.53 Å². The molecule has 3 saturated heterocycles. The van der Waals surface area contributed by atoms with E-state index in [4.69, 9.17) is 10.5 Å². The van der Waals surface area contributed by atoms with Crippen molar-refractivity contribution < 1.29 is 9.53 Å². The predicted octanol–water partition coefficient (Wildman–Crippen LogP) is 0.580. The van der Waals surface area contributed by atoms with Crippen LogP contribution in [0, 0.1) is 0 Å². The van der Waals surface area contributed by atoms with Gasteiger partial charge in [0.05, 0.1) is 0 Å². The summed E-state index contributed by atoms with van der Waals surface area (Å²) in [5.41, 5.74) is 5.96. The van der Waals surface area contributed by atoms with Gasteiger partial charge < -0.3 is 15.4 Å². The third-order valence-corrected chi connectivity index (χ3v) is 5.02. The fourth-order valence-corrected chi connectivity index (χ4v) is 3.66. The SMILES string of the molecule is NC1CCN(C2CCN(C(=O)C3CCCCO3)C2)CC1. The Hall–Kier alpha value is -0.650. The number of hydrogen-bond donors (Lipinski definition) is 1. The van der Waals surface area contributed by atoms with Crippen molar-refractivity contribution in [2.75, 3.05) is 32.8 Å². The molecule has 2 N–H and O–H groups in total. The van der Waals surface area contributed by atoms with Crippen molar-refractivity contribution in [3.63, 3.8) is 0 Å². The molecule has 114 valence electrons. The first-order valence-electron chi connectivity index (χ1n) is 8.14. The zero-order chi connectivity index (χ0) is 13.9. The van der Waals surface area contributed by atoms with Gasteiger partial charge in [0.15, 0.2) is 0 Å². The summed E-state index contributed by atoms with van der Waals surface area (Å²) in [7, 11) is 0. The second-order valence-electron chi connectivity index (χ2n) is 6.46. The molecule has 3 aliphatic heterocycles. The summed E-state index contributed by atoms with van der Waals surface area (Å²) in [5, 5.41) is 0. The van der Waals surface area contributed by atoms with Gasteiger partial charge in [-0.2, -0.15) is 0 Å². The van der Waals surface area contributed by atoms with Gasteiger partial charge in [-0.25, -0.2) is 0 Å². The number of rotatable bonds is 2. The van der Waals surface area contributed by atoms with Gasteiger partial charge in [-0.05, 0) is 51.6 Å². The number of nitrogens with two attached hydrogens (primary N) is 1. The quantitative estimate of drug-likeness (QED) is 0.804. The predicted molar refractivity (Wildman–Crippen MR) is 77.4 cm³/mol. The van der Waals surface area contributed by atoms with Crippen LogP contribution in [0.5, 0.6) is 0 Å². The molecule has 0 bridgehead atoms. The van der Waals surface area contributed by atoms with E-state index < -0.39 is 0 Å². The molecule has 20 heavy (non-hydrogen) atoms. The molecular weight excluding hydrogens is 254 g/mol. The van der Waals surface area contributed by atoms with Crippen molar-refractivity contribution in [3.05, 3.63) is 0 Å². The Labute approximate surface area is 121 Å². The molecule has 0 aromatic rings. The highest BCUT2D eigenvalue weighted by atomic mass is 16.5. The molecule has 0 spiro atoms. The summed E-state index contributed by atoms with van der Waals surface area (Å²) in [6.07, 6.45) is 6.24. The van der Waals surface area contributed by atoms with Crippen LogP contribution in [0.1, 0.15) is 38.5 Å². The molecule has 0 saturated carbocycles. The van der Waals surface area contributed by atoms with Crippen molar-refractivity contribution >= 4 is 5.91 Å². The normalized spacial score (nSPS) is 33.5. The van der Waals surface area contributed by atoms with Crippen molar-refractivity contribution in [1.82, 2.24) is 9.80 Å². The van der Waals surface area contributed by atoms with Gasteiger partial charge in [-0.1, -0.05) is 0 Å². The van der Waals surface area contributed by atoms with E-state index in [-0.39, 0.29) is 12.0 Å². The zero-order valence-electron chi connectivity index (χ0n) is 12.3. The van der Waals surface area contributed by atoms with E-state index in [1.807, 2.05) is 4.90 Å². The highest BCUT2D eigenvalue weighted by Gasteiger charge is 2.35. The molecule has 2 atom stereocenters. The molecule has 0 aromatic heterocycles. The third kappa shape index (κ3) is 3.15. The Morgan fingerprint density at radius 2 is 1.85 bits per heavy atom. The van der Waals surface area contributed by atoms with Crippen LogP contribution >= 0.6 is 0 Å². The highest BCUT2D eigenvalue weighted by Crippen LogP contribution is 2.22. The first-order valence-corrected chi connectivity index (χ1v) is 8.14. The Kier molecular flexibility index (Phi) is 4.58. The molecule has 0 radical (unpaired) electrons. The Morgan fingerprint density at radius 1 is 1.05 bits per heavy atom. The summed E-state index contributed by atoms with van der Waals surface area (Å²) in [4.78, 5) is 17.0. The molecule has 3 fully saturated rings.